The molecule has 2 aliphatic rings. The molecule has 0 atom stereocenters. The molecule has 2 saturated heterocycles. The smallest absolute Gasteiger partial charge is 0.407 e. The topological polar surface area (TPSA) is 83.7 Å². The zero-order valence-electron chi connectivity index (χ0n) is 17.9. The summed E-state index contributed by atoms with van der Waals surface area (Å²) in [7, 11) is -1.11. The number of rotatable bonds is 6. The van der Waals surface area contributed by atoms with Gasteiger partial charge in [-0.1, -0.05) is 19.6 Å². The number of amides is 1. The number of fused-ring (bicyclic) bond motifs is 1. The van der Waals surface area contributed by atoms with Crippen LogP contribution in [0.4, 0.5) is 10.6 Å². The van der Waals surface area contributed by atoms with Crippen molar-refractivity contribution in [3.63, 3.8) is 0 Å². The number of nitrogens with zero attached hydrogens (tertiary/aromatic N) is 5. The van der Waals surface area contributed by atoms with Crippen molar-refractivity contribution in [1.82, 2.24) is 19.4 Å². The normalized spacial score (nSPS) is 18.8. The van der Waals surface area contributed by atoms with Crippen molar-refractivity contribution in [3.8, 4) is 0 Å². The summed E-state index contributed by atoms with van der Waals surface area (Å²) in [6.45, 7) is 11.4. The molecular weight excluding hydrogens is 466 g/mol. The molecule has 0 unspecified atom stereocenters. The van der Waals surface area contributed by atoms with Crippen LogP contribution in [0, 0.1) is 5.41 Å². The fraction of sp³-hybridized carbons (Fsp3) is 0.650. The van der Waals surface area contributed by atoms with Gasteiger partial charge in [0.25, 0.3) is 0 Å². The van der Waals surface area contributed by atoms with Crippen LogP contribution >= 0.6 is 15.9 Å². The van der Waals surface area contributed by atoms with E-state index in [1.807, 2.05) is 17.0 Å². The van der Waals surface area contributed by atoms with E-state index in [1.54, 1.807) is 0 Å². The fourth-order valence-corrected chi connectivity index (χ4v) is 5.50. The molecule has 2 aromatic rings. The van der Waals surface area contributed by atoms with Gasteiger partial charge in [-0.2, -0.15) is 0 Å². The van der Waals surface area contributed by atoms with Crippen LogP contribution in [0.5, 0.6) is 0 Å². The highest BCUT2D eigenvalue weighted by Gasteiger charge is 2.47. The molecule has 30 heavy (non-hydrogen) atoms. The van der Waals surface area contributed by atoms with Crippen molar-refractivity contribution < 1.29 is 14.6 Å². The lowest BCUT2D eigenvalue weighted by Gasteiger charge is -2.52. The number of halogens is 1. The molecule has 0 saturated carbocycles. The van der Waals surface area contributed by atoms with Gasteiger partial charge in [0.2, 0.25) is 0 Å². The molecule has 0 aromatic carbocycles. The first-order chi connectivity index (χ1) is 14.2. The van der Waals surface area contributed by atoms with E-state index in [-0.39, 0.29) is 5.41 Å². The van der Waals surface area contributed by atoms with Crippen LogP contribution < -0.4 is 4.90 Å². The highest BCUT2D eigenvalue weighted by atomic mass is 79.9. The Bertz CT molecular complexity index is 928. The van der Waals surface area contributed by atoms with Crippen molar-refractivity contribution in [2.75, 3.05) is 37.7 Å². The third-order valence-corrected chi connectivity index (χ3v) is 8.49. The van der Waals surface area contributed by atoms with E-state index >= 15 is 0 Å². The van der Waals surface area contributed by atoms with Crippen LogP contribution in [-0.4, -0.2) is 71.5 Å². The second-order valence-corrected chi connectivity index (χ2v) is 16.3. The van der Waals surface area contributed by atoms with Gasteiger partial charge in [0.15, 0.2) is 5.65 Å². The average Bonchev–Trinajstić information content (AvgIpc) is 2.98. The summed E-state index contributed by atoms with van der Waals surface area (Å²) in [5.41, 5.74) is 1.82. The minimum absolute atomic E-state index is 0.153. The van der Waals surface area contributed by atoms with E-state index in [4.69, 9.17) is 14.8 Å². The first-order valence-corrected chi connectivity index (χ1v) is 15.0. The lowest BCUT2D eigenvalue weighted by molar-refractivity contribution is -0.00644. The van der Waals surface area contributed by atoms with Crippen molar-refractivity contribution in [3.05, 3.63) is 16.9 Å². The number of ether oxygens (including phenoxy) is 1. The third-order valence-electron chi connectivity index (χ3n) is 6.21. The highest BCUT2D eigenvalue weighted by Crippen LogP contribution is 2.41. The van der Waals surface area contributed by atoms with Crippen molar-refractivity contribution in [2.24, 2.45) is 5.41 Å². The monoisotopic (exact) mass is 495 g/mol. The Labute approximate surface area is 186 Å². The van der Waals surface area contributed by atoms with Crippen LogP contribution in [0.3, 0.4) is 0 Å². The Morgan fingerprint density at radius 3 is 2.63 bits per heavy atom. The second kappa shape index (κ2) is 8.12. The summed E-state index contributed by atoms with van der Waals surface area (Å²) in [4.78, 5) is 24.4. The molecular formula is C20H30BrN5O3Si. The zero-order chi connectivity index (χ0) is 21.5. The Hall–Kier alpha value is -1.65. The number of anilines is 1. The maximum absolute atomic E-state index is 11.1. The van der Waals surface area contributed by atoms with Crippen LogP contribution in [0.25, 0.3) is 11.2 Å². The number of hydrogen-bond donors (Lipinski definition) is 1. The lowest BCUT2D eigenvalue weighted by Crippen LogP contribution is -2.61. The maximum Gasteiger partial charge on any atom is 0.407 e. The average molecular weight is 496 g/mol. The van der Waals surface area contributed by atoms with Crippen LogP contribution in [0.1, 0.15) is 12.8 Å². The quantitative estimate of drug-likeness (QED) is 0.479. The molecule has 0 radical (unpaired) electrons. The molecule has 2 fully saturated rings. The molecule has 2 aliphatic heterocycles. The van der Waals surface area contributed by atoms with Gasteiger partial charge in [-0.15, -0.1) is 0 Å². The number of aromatic nitrogens is 3. The number of piperidine rings is 1. The molecule has 1 amide bonds. The van der Waals surface area contributed by atoms with Gasteiger partial charge in [-0.25, -0.2) is 14.8 Å². The van der Waals surface area contributed by atoms with E-state index < -0.39 is 14.2 Å². The standard InChI is InChI=1S/C20H30BrN5O3Si/c1-30(2,3)9-8-29-14-25-11-15(21)17-18(25)23-16(10-22-17)24-6-4-20(5-7-24)12-26(13-20)19(27)28/h10-11H,4-9,12-14H2,1-3H3,(H,27,28). The van der Waals surface area contributed by atoms with Gasteiger partial charge < -0.3 is 24.2 Å². The van der Waals surface area contributed by atoms with Gasteiger partial charge in [0.1, 0.15) is 18.1 Å². The van der Waals surface area contributed by atoms with E-state index in [9.17, 15) is 4.79 Å². The molecule has 4 rings (SSSR count). The molecule has 0 aliphatic carbocycles. The summed E-state index contributed by atoms with van der Waals surface area (Å²) >= 11 is 3.59. The summed E-state index contributed by atoms with van der Waals surface area (Å²) in [5, 5.41) is 9.11. The minimum atomic E-state index is -1.11. The van der Waals surface area contributed by atoms with Gasteiger partial charge >= 0.3 is 6.09 Å². The number of carbonyl (C=O) groups is 1. The van der Waals surface area contributed by atoms with Crippen molar-refractivity contribution in [2.45, 2.75) is 45.3 Å². The molecule has 1 spiro atoms. The van der Waals surface area contributed by atoms with Crippen LogP contribution in [0.15, 0.2) is 16.9 Å². The number of likely N-dealkylation sites (tertiary alicyclic amines) is 1. The Morgan fingerprint density at radius 2 is 2.00 bits per heavy atom. The summed E-state index contributed by atoms with van der Waals surface area (Å²) in [6.07, 6.45) is 4.99. The molecule has 10 heteroatoms. The van der Waals surface area contributed by atoms with Crippen molar-refractivity contribution >= 4 is 47.1 Å². The zero-order valence-corrected chi connectivity index (χ0v) is 20.5. The van der Waals surface area contributed by atoms with Gasteiger partial charge in [0.05, 0.1) is 10.7 Å². The van der Waals surface area contributed by atoms with Crippen LogP contribution in [-0.2, 0) is 11.5 Å². The summed E-state index contributed by atoms with van der Waals surface area (Å²) in [5.74, 6) is 0.876. The Kier molecular flexibility index (Phi) is 5.84. The highest BCUT2D eigenvalue weighted by molar-refractivity contribution is 9.10. The molecule has 2 aromatic heterocycles. The fourth-order valence-electron chi connectivity index (χ4n) is 4.22. The Balaban J connectivity index is 1.41. The van der Waals surface area contributed by atoms with Crippen LogP contribution in [0.2, 0.25) is 25.7 Å². The van der Waals surface area contributed by atoms with E-state index in [0.29, 0.717) is 19.8 Å². The lowest BCUT2D eigenvalue weighted by atomic mass is 9.72. The third kappa shape index (κ3) is 4.50. The predicted octanol–water partition coefficient (Wildman–Crippen LogP) is 4.09. The van der Waals surface area contributed by atoms with E-state index in [2.05, 4.69) is 45.5 Å². The summed E-state index contributed by atoms with van der Waals surface area (Å²) in [6, 6.07) is 1.14. The summed E-state index contributed by atoms with van der Waals surface area (Å²) < 4.78 is 8.86. The van der Waals surface area contributed by atoms with Crippen molar-refractivity contribution in [1.29, 1.82) is 0 Å². The predicted molar refractivity (Wildman–Crippen MR) is 123 cm³/mol. The molecule has 0 bridgehead atoms. The first-order valence-electron chi connectivity index (χ1n) is 10.5. The molecule has 164 valence electrons. The maximum atomic E-state index is 11.1. The molecule has 1 N–H and O–H groups in total. The second-order valence-electron chi connectivity index (χ2n) is 9.82. The SMILES string of the molecule is C[Si](C)(C)CCOCn1cc(Br)c2ncc(N3CCC4(CC3)CN(C(=O)O)C4)nc21. The van der Waals surface area contributed by atoms with Gasteiger partial charge in [-0.3, -0.25) is 0 Å². The van der Waals surface area contributed by atoms with E-state index in [1.165, 1.54) is 4.90 Å². The molecule has 8 nitrogen and oxygen atoms in total. The number of hydrogen-bond acceptors (Lipinski definition) is 5. The largest absolute Gasteiger partial charge is 0.465 e. The Morgan fingerprint density at radius 1 is 1.30 bits per heavy atom. The number of carboxylic acid groups (broad SMARTS) is 1. The van der Waals surface area contributed by atoms with E-state index in [0.717, 1.165) is 60.0 Å². The molecule has 4 heterocycles. The van der Waals surface area contributed by atoms with Gasteiger partial charge in [-0.05, 0) is 34.8 Å². The first kappa shape index (κ1) is 21.6. The minimum Gasteiger partial charge on any atom is -0.465 e. The van der Waals surface area contributed by atoms with Gasteiger partial charge in [0, 0.05) is 52.5 Å².